The molecule has 3 N–H and O–H groups in total. The van der Waals surface area contributed by atoms with Crippen LogP contribution in [-0.2, 0) is 17.5 Å². The summed E-state index contributed by atoms with van der Waals surface area (Å²) in [4.78, 5) is 22.8. The van der Waals surface area contributed by atoms with E-state index in [0.29, 0.717) is 5.56 Å². The van der Waals surface area contributed by atoms with Crippen molar-refractivity contribution in [3.8, 4) is 0 Å². The zero-order chi connectivity index (χ0) is 16.2. The lowest BCUT2D eigenvalue weighted by atomic mass is 10.1. The van der Waals surface area contributed by atoms with Gasteiger partial charge in [-0.2, -0.15) is 13.2 Å². The highest BCUT2D eigenvalue weighted by Gasteiger charge is 2.29. The molecule has 2 rings (SSSR count). The number of urea groups is 1. The molecule has 0 bridgehead atoms. The molecule has 1 aromatic rings. The monoisotopic (exact) mass is 315 g/mol. The largest absolute Gasteiger partial charge is 0.416 e. The van der Waals surface area contributed by atoms with E-state index in [-0.39, 0.29) is 25.0 Å². The van der Waals surface area contributed by atoms with Crippen molar-refractivity contribution in [3.63, 3.8) is 0 Å². The molecular formula is C14H16F3N3O2. The minimum atomic E-state index is -4.38. The molecule has 0 unspecified atom stereocenters. The van der Waals surface area contributed by atoms with Crippen LogP contribution in [0.5, 0.6) is 0 Å². The van der Waals surface area contributed by atoms with Gasteiger partial charge in [-0.1, -0.05) is 12.1 Å². The maximum atomic E-state index is 12.4. The Kier molecular flexibility index (Phi) is 4.89. The Morgan fingerprint density at radius 2 is 1.73 bits per heavy atom. The molecule has 8 heteroatoms. The highest BCUT2D eigenvalue weighted by molar-refractivity contribution is 5.84. The fraction of sp³-hybridized carbons (Fsp3) is 0.429. The predicted octanol–water partition coefficient (Wildman–Crippen LogP) is 1.78. The second-order valence-corrected chi connectivity index (χ2v) is 5.07. The Labute approximate surface area is 125 Å². The normalized spacial score (nSPS) is 14.3. The van der Waals surface area contributed by atoms with E-state index in [1.54, 1.807) is 0 Å². The number of hydrogen-bond donors (Lipinski definition) is 3. The fourth-order valence-electron chi connectivity index (χ4n) is 1.72. The maximum Gasteiger partial charge on any atom is 0.416 e. The van der Waals surface area contributed by atoms with Gasteiger partial charge in [-0.05, 0) is 30.5 Å². The second kappa shape index (κ2) is 6.67. The van der Waals surface area contributed by atoms with Gasteiger partial charge in [0, 0.05) is 12.6 Å². The van der Waals surface area contributed by atoms with E-state index in [1.165, 1.54) is 12.1 Å². The Hall–Kier alpha value is -2.25. The van der Waals surface area contributed by atoms with Crippen molar-refractivity contribution < 1.29 is 22.8 Å². The molecule has 0 atom stereocenters. The minimum absolute atomic E-state index is 0.0776. The van der Waals surface area contributed by atoms with Gasteiger partial charge in [0.25, 0.3) is 0 Å². The van der Waals surface area contributed by atoms with Crippen LogP contribution in [0.1, 0.15) is 24.0 Å². The van der Waals surface area contributed by atoms with Crippen LogP contribution in [0, 0.1) is 0 Å². The smallest absolute Gasteiger partial charge is 0.352 e. The van der Waals surface area contributed by atoms with E-state index in [2.05, 4.69) is 16.0 Å². The van der Waals surface area contributed by atoms with Gasteiger partial charge < -0.3 is 16.0 Å². The molecule has 0 spiro atoms. The number of benzene rings is 1. The fourth-order valence-corrected chi connectivity index (χ4v) is 1.72. The number of carbonyl (C=O) groups excluding carboxylic acids is 2. The lowest BCUT2D eigenvalue weighted by molar-refractivity contribution is -0.137. The molecule has 120 valence electrons. The highest BCUT2D eigenvalue weighted by atomic mass is 19.4. The van der Waals surface area contributed by atoms with Gasteiger partial charge >= 0.3 is 12.2 Å². The molecule has 1 aliphatic carbocycles. The Morgan fingerprint density at radius 1 is 1.09 bits per heavy atom. The van der Waals surface area contributed by atoms with Crippen LogP contribution >= 0.6 is 0 Å². The van der Waals surface area contributed by atoms with Crippen molar-refractivity contribution in [3.05, 3.63) is 35.4 Å². The Bertz CT molecular complexity index is 539. The lowest BCUT2D eigenvalue weighted by Gasteiger charge is -2.09. The number of alkyl halides is 3. The third-order valence-electron chi connectivity index (χ3n) is 3.09. The van der Waals surface area contributed by atoms with Gasteiger partial charge in [0.2, 0.25) is 5.91 Å². The predicted molar refractivity (Wildman–Crippen MR) is 72.8 cm³/mol. The molecule has 0 radical (unpaired) electrons. The number of rotatable bonds is 5. The van der Waals surface area contributed by atoms with Gasteiger partial charge in [0.05, 0.1) is 12.1 Å². The summed E-state index contributed by atoms with van der Waals surface area (Å²) in [6.45, 7) is -0.0520. The standard InChI is InChI=1S/C14H16F3N3O2/c15-14(16,17)10-3-1-9(2-4-10)7-18-13(22)19-8-12(21)20-11-5-6-11/h1-4,11H,5-8H2,(H,20,21)(H2,18,19,22). The molecule has 1 aliphatic rings. The summed E-state index contributed by atoms with van der Waals surface area (Å²) in [5.74, 6) is -0.257. The van der Waals surface area contributed by atoms with Crippen molar-refractivity contribution in [2.24, 2.45) is 0 Å². The molecule has 1 fully saturated rings. The van der Waals surface area contributed by atoms with Crippen LogP contribution in [0.2, 0.25) is 0 Å². The first-order chi connectivity index (χ1) is 10.3. The number of carbonyl (C=O) groups is 2. The second-order valence-electron chi connectivity index (χ2n) is 5.07. The molecule has 0 aliphatic heterocycles. The minimum Gasteiger partial charge on any atom is -0.352 e. The molecule has 0 saturated heterocycles. The molecular weight excluding hydrogens is 299 g/mol. The summed E-state index contributed by atoms with van der Waals surface area (Å²) in [7, 11) is 0. The molecule has 1 aromatic carbocycles. The van der Waals surface area contributed by atoms with E-state index < -0.39 is 17.8 Å². The zero-order valence-corrected chi connectivity index (χ0v) is 11.7. The van der Waals surface area contributed by atoms with Crippen LogP contribution in [0.15, 0.2) is 24.3 Å². The van der Waals surface area contributed by atoms with Crippen molar-refractivity contribution >= 4 is 11.9 Å². The Balaban J connectivity index is 1.70. The van der Waals surface area contributed by atoms with E-state index >= 15 is 0 Å². The number of nitrogens with one attached hydrogen (secondary N) is 3. The SMILES string of the molecule is O=C(CNC(=O)NCc1ccc(C(F)(F)F)cc1)NC1CC1. The zero-order valence-electron chi connectivity index (χ0n) is 11.7. The summed E-state index contributed by atoms with van der Waals surface area (Å²) in [5.41, 5.74) is -0.206. The summed E-state index contributed by atoms with van der Waals surface area (Å²) in [6.07, 6.45) is -2.45. The number of amides is 3. The quantitative estimate of drug-likeness (QED) is 0.775. The van der Waals surface area contributed by atoms with E-state index in [4.69, 9.17) is 0 Å². The van der Waals surface area contributed by atoms with Crippen LogP contribution in [0.3, 0.4) is 0 Å². The van der Waals surface area contributed by atoms with Gasteiger partial charge in [-0.25, -0.2) is 4.79 Å². The topological polar surface area (TPSA) is 70.2 Å². The van der Waals surface area contributed by atoms with Crippen LogP contribution in [-0.4, -0.2) is 24.5 Å². The van der Waals surface area contributed by atoms with E-state index in [9.17, 15) is 22.8 Å². The molecule has 0 aromatic heterocycles. The number of halogens is 3. The molecule has 22 heavy (non-hydrogen) atoms. The summed E-state index contributed by atoms with van der Waals surface area (Å²) < 4.78 is 37.2. The molecule has 0 heterocycles. The van der Waals surface area contributed by atoms with Crippen molar-refractivity contribution in [2.75, 3.05) is 6.54 Å². The van der Waals surface area contributed by atoms with Gasteiger partial charge in [-0.3, -0.25) is 4.79 Å². The first kappa shape index (κ1) is 16.1. The first-order valence-corrected chi connectivity index (χ1v) is 6.82. The summed E-state index contributed by atoms with van der Waals surface area (Å²) >= 11 is 0. The van der Waals surface area contributed by atoms with Crippen LogP contribution in [0.4, 0.5) is 18.0 Å². The number of hydrogen-bond acceptors (Lipinski definition) is 2. The average Bonchev–Trinajstić information content (AvgIpc) is 3.26. The van der Waals surface area contributed by atoms with Crippen molar-refractivity contribution in [1.82, 2.24) is 16.0 Å². The highest BCUT2D eigenvalue weighted by Crippen LogP contribution is 2.29. The van der Waals surface area contributed by atoms with E-state index in [0.717, 1.165) is 25.0 Å². The molecule has 5 nitrogen and oxygen atoms in total. The van der Waals surface area contributed by atoms with Gasteiger partial charge in [0.15, 0.2) is 0 Å². The van der Waals surface area contributed by atoms with Gasteiger partial charge in [0.1, 0.15) is 0 Å². The maximum absolute atomic E-state index is 12.4. The van der Waals surface area contributed by atoms with E-state index in [1.807, 2.05) is 0 Å². The average molecular weight is 315 g/mol. The third kappa shape index (κ3) is 5.27. The summed E-state index contributed by atoms with van der Waals surface area (Å²) in [5, 5.41) is 7.56. The van der Waals surface area contributed by atoms with Crippen molar-refractivity contribution in [2.45, 2.75) is 31.6 Å². The van der Waals surface area contributed by atoms with Gasteiger partial charge in [-0.15, -0.1) is 0 Å². The van der Waals surface area contributed by atoms with Crippen LogP contribution < -0.4 is 16.0 Å². The van der Waals surface area contributed by atoms with Crippen LogP contribution in [0.25, 0.3) is 0 Å². The van der Waals surface area contributed by atoms with Crippen molar-refractivity contribution in [1.29, 1.82) is 0 Å². The molecule has 3 amide bonds. The first-order valence-electron chi connectivity index (χ1n) is 6.82. The summed E-state index contributed by atoms with van der Waals surface area (Å²) in [6, 6.07) is 4.18. The lowest BCUT2D eigenvalue weighted by Crippen LogP contribution is -2.42. The third-order valence-corrected chi connectivity index (χ3v) is 3.09. The molecule has 1 saturated carbocycles. The Morgan fingerprint density at radius 3 is 2.27 bits per heavy atom.